The third kappa shape index (κ3) is 1.87. The largest absolute Gasteiger partial charge is 0.454 e. The van der Waals surface area contributed by atoms with E-state index in [1.165, 1.54) is 0 Å². The van der Waals surface area contributed by atoms with E-state index in [-0.39, 0.29) is 5.69 Å². The Bertz CT molecular complexity index is 1050. The molecule has 1 aromatic carbocycles. The molecule has 4 N–H and O–H groups in total. The molecule has 4 rings (SSSR count). The first-order valence-corrected chi connectivity index (χ1v) is 6.60. The number of fused-ring (bicyclic) bond motifs is 2. The van der Waals surface area contributed by atoms with Crippen LogP contribution in [0.2, 0.25) is 0 Å². The van der Waals surface area contributed by atoms with Gasteiger partial charge in [0.15, 0.2) is 11.4 Å². The first kappa shape index (κ1) is 12.4. The van der Waals surface area contributed by atoms with Gasteiger partial charge in [-0.15, -0.1) is 0 Å². The van der Waals surface area contributed by atoms with Crippen LogP contribution in [0.3, 0.4) is 0 Å². The number of nitrogens with one attached hydrogen (secondary N) is 2. The van der Waals surface area contributed by atoms with Gasteiger partial charge in [-0.2, -0.15) is 0 Å². The van der Waals surface area contributed by atoms with Crippen LogP contribution >= 0.6 is 0 Å². The summed E-state index contributed by atoms with van der Waals surface area (Å²) in [6.45, 7) is 0. The second-order valence-corrected chi connectivity index (χ2v) is 4.77. The van der Waals surface area contributed by atoms with Crippen molar-refractivity contribution >= 4 is 27.8 Å². The monoisotopic (exact) mass is 293 g/mol. The minimum absolute atomic E-state index is 0.331. The van der Waals surface area contributed by atoms with Crippen LogP contribution in [0.4, 0.5) is 5.69 Å². The lowest BCUT2D eigenvalue weighted by Gasteiger charge is -2.10. The number of H-pyrrole nitrogens is 2. The Morgan fingerprint density at radius 1 is 1.00 bits per heavy atom. The summed E-state index contributed by atoms with van der Waals surface area (Å²) < 4.78 is 5.95. The zero-order valence-electron chi connectivity index (χ0n) is 11.3. The van der Waals surface area contributed by atoms with Crippen molar-refractivity contribution in [3.63, 3.8) is 0 Å². The maximum atomic E-state index is 11.4. The lowest BCUT2D eigenvalue weighted by atomic mass is 10.2. The van der Waals surface area contributed by atoms with E-state index in [2.05, 4.69) is 19.9 Å². The minimum Gasteiger partial charge on any atom is -0.454 e. The number of nitrogens with zero attached hydrogens (tertiary/aromatic N) is 2. The van der Waals surface area contributed by atoms with Crippen molar-refractivity contribution in [3.05, 3.63) is 53.2 Å². The molecule has 0 aliphatic carbocycles. The zero-order valence-corrected chi connectivity index (χ0v) is 11.3. The summed E-state index contributed by atoms with van der Waals surface area (Å²) in [4.78, 5) is 25.0. The molecular weight excluding hydrogens is 282 g/mol. The molecule has 7 heteroatoms. The van der Waals surface area contributed by atoms with E-state index in [0.717, 1.165) is 5.39 Å². The average Bonchev–Trinajstić information content (AvgIpc) is 2.92. The van der Waals surface area contributed by atoms with E-state index >= 15 is 0 Å². The van der Waals surface area contributed by atoms with Crippen LogP contribution in [-0.2, 0) is 0 Å². The highest BCUT2D eigenvalue weighted by molar-refractivity contribution is 5.94. The number of hydrogen-bond acceptors (Lipinski definition) is 5. The topological polar surface area (TPSA) is 110 Å². The molecular formula is C15H11N5O2. The van der Waals surface area contributed by atoms with Crippen molar-refractivity contribution in [3.8, 4) is 11.5 Å². The van der Waals surface area contributed by atoms with Gasteiger partial charge in [0.05, 0.1) is 11.2 Å². The number of nitrogen functional groups attached to an aromatic ring is 1. The van der Waals surface area contributed by atoms with Crippen LogP contribution in [0.1, 0.15) is 0 Å². The van der Waals surface area contributed by atoms with Crippen LogP contribution in [0.15, 0.2) is 47.5 Å². The Kier molecular flexibility index (Phi) is 2.59. The van der Waals surface area contributed by atoms with E-state index in [0.29, 0.717) is 33.9 Å². The van der Waals surface area contributed by atoms with Gasteiger partial charge in [0.1, 0.15) is 11.3 Å². The lowest BCUT2D eigenvalue weighted by Crippen LogP contribution is -1.99. The van der Waals surface area contributed by atoms with Crippen LogP contribution in [0.5, 0.6) is 11.5 Å². The Morgan fingerprint density at radius 3 is 2.82 bits per heavy atom. The summed E-state index contributed by atoms with van der Waals surface area (Å²) in [7, 11) is 0. The van der Waals surface area contributed by atoms with Gasteiger partial charge < -0.3 is 15.5 Å². The molecule has 0 radical (unpaired) electrons. The normalized spacial score (nSPS) is 11.1. The molecule has 3 aromatic heterocycles. The number of hydrogen-bond donors (Lipinski definition) is 3. The number of imidazole rings is 1. The van der Waals surface area contributed by atoms with Gasteiger partial charge in [0.25, 0.3) is 0 Å². The number of ether oxygens (including phenoxy) is 1. The van der Waals surface area contributed by atoms with Gasteiger partial charge in [0, 0.05) is 23.8 Å². The minimum atomic E-state index is -0.331. The highest BCUT2D eigenvalue weighted by Crippen LogP contribution is 2.33. The summed E-state index contributed by atoms with van der Waals surface area (Å²) in [5.74, 6) is 1.10. The maximum absolute atomic E-state index is 11.4. The van der Waals surface area contributed by atoms with Crippen LogP contribution in [-0.4, -0.2) is 19.9 Å². The first-order chi connectivity index (χ1) is 10.7. The predicted molar refractivity (Wildman–Crippen MR) is 82.9 cm³/mol. The summed E-state index contributed by atoms with van der Waals surface area (Å²) >= 11 is 0. The number of benzene rings is 1. The Hall–Kier alpha value is -3.35. The molecule has 0 unspecified atom stereocenters. The average molecular weight is 293 g/mol. The second-order valence-electron chi connectivity index (χ2n) is 4.77. The Morgan fingerprint density at radius 2 is 1.91 bits per heavy atom. The van der Waals surface area contributed by atoms with Gasteiger partial charge >= 0.3 is 5.69 Å². The van der Waals surface area contributed by atoms with Crippen LogP contribution < -0.4 is 16.2 Å². The molecule has 0 bridgehead atoms. The van der Waals surface area contributed by atoms with Crippen molar-refractivity contribution in [1.29, 1.82) is 0 Å². The fourth-order valence-corrected chi connectivity index (χ4v) is 2.37. The summed E-state index contributed by atoms with van der Waals surface area (Å²) in [6, 6.07) is 8.89. The third-order valence-corrected chi connectivity index (χ3v) is 3.36. The highest BCUT2D eigenvalue weighted by Gasteiger charge is 2.11. The van der Waals surface area contributed by atoms with E-state index in [1.54, 1.807) is 30.6 Å². The van der Waals surface area contributed by atoms with Gasteiger partial charge in [-0.25, -0.2) is 9.78 Å². The smallest absolute Gasteiger partial charge is 0.325 e. The van der Waals surface area contributed by atoms with E-state index in [4.69, 9.17) is 10.5 Å². The Balaban J connectivity index is 1.90. The highest BCUT2D eigenvalue weighted by atomic mass is 16.5. The molecule has 7 nitrogen and oxygen atoms in total. The fourth-order valence-electron chi connectivity index (χ4n) is 2.37. The van der Waals surface area contributed by atoms with Crippen LogP contribution in [0.25, 0.3) is 22.1 Å². The predicted octanol–water partition coefficient (Wildman–Crippen LogP) is 2.17. The molecule has 0 saturated carbocycles. The Labute approximate surface area is 123 Å². The quantitative estimate of drug-likeness (QED) is 0.491. The molecule has 108 valence electrons. The third-order valence-electron chi connectivity index (χ3n) is 3.36. The lowest BCUT2D eigenvalue weighted by molar-refractivity contribution is 0.492. The summed E-state index contributed by atoms with van der Waals surface area (Å²) in [5, 5.41) is 0.797. The summed E-state index contributed by atoms with van der Waals surface area (Å²) in [5.41, 5.74) is 7.82. The van der Waals surface area contributed by atoms with Gasteiger partial charge in [-0.3, -0.25) is 9.97 Å². The number of rotatable bonds is 2. The zero-order chi connectivity index (χ0) is 15.1. The maximum Gasteiger partial charge on any atom is 0.325 e. The number of pyridine rings is 2. The molecule has 0 amide bonds. The van der Waals surface area contributed by atoms with Crippen molar-refractivity contribution in [2.75, 3.05) is 5.73 Å². The van der Waals surface area contributed by atoms with Crippen molar-refractivity contribution in [2.24, 2.45) is 0 Å². The van der Waals surface area contributed by atoms with Crippen molar-refractivity contribution in [1.82, 2.24) is 19.9 Å². The first-order valence-electron chi connectivity index (χ1n) is 6.60. The molecule has 0 saturated heterocycles. The number of aromatic nitrogens is 4. The number of aromatic amines is 2. The standard InChI is InChI=1S/C15H11N5O2/c16-9-3-4-10(8-2-1-6-17-12(8)9)22-11-5-7-18-14-13(11)19-15(21)20-14/h1-7H,16H2,(H2,18,19,20,21). The van der Waals surface area contributed by atoms with E-state index in [1.807, 2.05) is 12.1 Å². The molecule has 0 atom stereocenters. The van der Waals surface area contributed by atoms with Gasteiger partial charge in [-0.05, 0) is 24.3 Å². The molecule has 0 spiro atoms. The molecule has 4 aromatic rings. The number of anilines is 1. The summed E-state index contributed by atoms with van der Waals surface area (Å²) in [6.07, 6.45) is 3.25. The molecule has 0 aliphatic rings. The molecule has 3 heterocycles. The van der Waals surface area contributed by atoms with Crippen molar-refractivity contribution in [2.45, 2.75) is 0 Å². The second kappa shape index (κ2) is 4.59. The van der Waals surface area contributed by atoms with Gasteiger partial charge in [-0.1, -0.05) is 0 Å². The van der Waals surface area contributed by atoms with Gasteiger partial charge in [0.2, 0.25) is 0 Å². The molecule has 0 aliphatic heterocycles. The van der Waals surface area contributed by atoms with E-state index in [9.17, 15) is 4.79 Å². The van der Waals surface area contributed by atoms with E-state index < -0.39 is 0 Å². The number of nitrogens with two attached hydrogens (primary N) is 1. The van der Waals surface area contributed by atoms with Crippen LogP contribution in [0, 0.1) is 0 Å². The SMILES string of the molecule is Nc1ccc(Oc2ccnc3[nH]c(=O)[nH]c23)c2cccnc12. The van der Waals surface area contributed by atoms with Crippen molar-refractivity contribution < 1.29 is 4.74 Å². The molecule has 22 heavy (non-hydrogen) atoms. The fraction of sp³-hybridized carbons (Fsp3) is 0. The molecule has 0 fully saturated rings.